The molecule has 0 fully saturated rings. The molecule has 0 N–H and O–H groups in total. The van der Waals surface area contributed by atoms with Crippen LogP contribution in [0, 0.1) is 0 Å². The number of hydrogen-bond donors (Lipinski definition) is 0. The van der Waals surface area contributed by atoms with Gasteiger partial charge in [-0.3, -0.25) is 0 Å². The molecule has 0 amide bonds. The Kier molecular flexibility index (Phi) is 2.99. The molecule has 4 aromatic rings. The van der Waals surface area contributed by atoms with Crippen LogP contribution in [0.1, 0.15) is 0 Å². The van der Waals surface area contributed by atoms with Crippen LogP contribution < -0.4 is 9.47 Å². The van der Waals surface area contributed by atoms with Gasteiger partial charge in [-0.2, -0.15) is 10.1 Å². The molecule has 25 heavy (non-hydrogen) atoms. The summed E-state index contributed by atoms with van der Waals surface area (Å²) < 4.78 is 17.8. The Morgan fingerprint density at radius 2 is 1.92 bits per heavy atom. The first-order valence-electron chi connectivity index (χ1n) is 7.56. The molecule has 5 rings (SSSR count). The van der Waals surface area contributed by atoms with Crippen molar-refractivity contribution < 1.29 is 14.0 Å². The first kappa shape index (κ1) is 13.7. The van der Waals surface area contributed by atoms with Crippen LogP contribution in [0.5, 0.6) is 11.5 Å². The van der Waals surface area contributed by atoms with Gasteiger partial charge in [0.2, 0.25) is 12.6 Å². The van der Waals surface area contributed by atoms with Crippen molar-refractivity contribution in [2.24, 2.45) is 0 Å². The highest BCUT2D eigenvalue weighted by molar-refractivity contribution is 5.64. The van der Waals surface area contributed by atoms with E-state index >= 15 is 0 Å². The Labute approximate surface area is 141 Å². The van der Waals surface area contributed by atoms with Gasteiger partial charge >= 0.3 is 0 Å². The van der Waals surface area contributed by atoms with Crippen molar-refractivity contribution in [2.45, 2.75) is 0 Å². The first-order chi connectivity index (χ1) is 12.4. The van der Waals surface area contributed by atoms with Crippen LogP contribution in [0.3, 0.4) is 0 Å². The molecule has 0 aliphatic carbocycles. The molecule has 0 spiro atoms. The Bertz CT molecular complexity index is 1040. The summed E-state index contributed by atoms with van der Waals surface area (Å²) in [5, 5.41) is 8.18. The standard InChI is InChI=1S/C17H11N5O3/c1-2-12(6-13(3-1)22-9-18-8-19-22)17-20-16(21-25-17)11-4-5-14-15(7-11)24-10-23-14/h1-9H,10H2. The number of rotatable bonds is 3. The second kappa shape index (κ2) is 5.45. The summed E-state index contributed by atoms with van der Waals surface area (Å²) in [4.78, 5) is 8.43. The monoisotopic (exact) mass is 333 g/mol. The smallest absolute Gasteiger partial charge is 0.258 e. The molecular weight excluding hydrogens is 322 g/mol. The van der Waals surface area contributed by atoms with E-state index in [2.05, 4.69) is 20.2 Å². The predicted octanol–water partition coefficient (Wildman–Crippen LogP) is 2.71. The SMILES string of the molecule is c1cc(-c2nc(-c3ccc4c(c3)OCO4)no2)cc(-n2cncn2)c1. The fraction of sp³-hybridized carbons (Fsp3) is 0.0588. The second-order valence-corrected chi connectivity index (χ2v) is 5.38. The van der Waals surface area contributed by atoms with Gasteiger partial charge in [-0.25, -0.2) is 9.67 Å². The molecule has 2 aromatic carbocycles. The topological polar surface area (TPSA) is 88.1 Å². The zero-order valence-corrected chi connectivity index (χ0v) is 12.9. The predicted molar refractivity (Wildman–Crippen MR) is 86.2 cm³/mol. The Morgan fingerprint density at radius 3 is 2.84 bits per heavy atom. The molecule has 0 radical (unpaired) electrons. The quantitative estimate of drug-likeness (QED) is 0.569. The van der Waals surface area contributed by atoms with E-state index in [1.807, 2.05) is 42.5 Å². The summed E-state index contributed by atoms with van der Waals surface area (Å²) in [6, 6.07) is 13.2. The van der Waals surface area contributed by atoms with E-state index in [1.54, 1.807) is 11.0 Å². The number of hydrogen-bond acceptors (Lipinski definition) is 7. The first-order valence-corrected chi connectivity index (χ1v) is 7.56. The largest absolute Gasteiger partial charge is 0.454 e. The van der Waals surface area contributed by atoms with Gasteiger partial charge in [0.15, 0.2) is 11.5 Å². The third-order valence-electron chi connectivity index (χ3n) is 3.83. The molecule has 1 aliphatic heterocycles. The van der Waals surface area contributed by atoms with Gasteiger partial charge in [0.05, 0.1) is 5.69 Å². The third kappa shape index (κ3) is 2.40. The normalized spacial score (nSPS) is 12.5. The lowest BCUT2D eigenvalue weighted by Gasteiger charge is -2.01. The van der Waals surface area contributed by atoms with E-state index in [0.717, 1.165) is 16.8 Å². The van der Waals surface area contributed by atoms with Crippen molar-refractivity contribution in [3.63, 3.8) is 0 Å². The van der Waals surface area contributed by atoms with E-state index in [9.17, 15) is 0 Å². The number of nitrogens with zero attached hydrogens (tertiary/aromatic N) is 5. The Balaban J connectivity index is 1.50. The van der Waals surface area contributed by atoms with Crippen LogP contribution in [0.25, 0.3) is 28.5 Å². The molecule has 2 aromatic heterocycles. The highest BCUT2D eigenvalue weighted by Gasteiger charge is 2.17. The molecule has 122 valence electrons. The minimum atomic E-state index is 0.228. The van der Waals surface area contributed by atoms with Gasteiger partial charge in [0.25, 0.3) is 5.89 Å². The van der Waals surface area contributed by atoms with E-state index < -0.39 is 0 Å². The van der Waals surface area contributed by atoms with Crippen molar-refractivity contribution in [2.75, 3.05) is 6.79 Å². The number of fused-ring (bicyclic) bond motifs is 1. The molecule has 8 heteroatoms. The van der Waals surface area contributed by atoms with Crippen LogP contribution in [0.15, 0.2) is 59.6 Å². The molecule has 1 aliphatic rings. The number of aromatic nitrogens is 5. The van der Waals surface area contributed by atoms with Crippen LogP contribution in [0.4, 0.5) is 0 Å². The van der Waals surface area contributed by atoms with Gasteiger partial charge in [-0.1, -0.05) is 11.2 Å². The summed E-state index contributed by atoms with van der Waals surface area (Å²) in [5.41, 5.74) is 2.46. The lowest BCUT2D eigenvalue weighted by molar-refractivity contribution is 0.174. The van der Waals surface area contributed by atoms with E-state index in [0.29, 0.717) is 23.2 Å². The van der Waals surface area contributed by atoms with Crippen molar-refractivity contribution in [3.8, 4) is 40.0 Å². The molecule has 3 heterocycles. The average Bonchev–Trinajstić information content (AvgIpc) is 3.42. The maximum absolute atomic E-state index is 5.42. The molecule has 8 nitrogen and oxygen atoms in total. The minimum absolute atomic E-state index is 0.228. The maximum Gasteiger partial charge on any atom is 0.258 e. The van der Waals surface area contributed by atoms with Crippen molar-refractivity contribution >= 4 is 0 Å². The molecule has 0 unspecified atom stereocenters. The van der Waals surface area contributed by atoms with Crippen molar-refractivity contribution in [1.82, 2.24) is 24.9 Å². The molecule has 0 saturated carbocycles. The highest BCUT2D eigenvalue weighted by atomic mass is 16.7. The molecule has 0 bridgehead atoms. The van der Waals surface area contributed by atoms with Gasteiger partial charge in [0, 0.05) is 11.1 Å². The third-order valence-corrected chi connectivity index (χ3v) is 3.83. The van der Waals surface area contributed by atoms with Gasteiger partial charge in [-0.15, -0.1) is 0 Å². The van der Waals surface area contributed by atoms with Gasteiger partial charge in [0.1, 0.15) is 12.7 Å². The van der Waals surface area contributed by atoms with Crippen molar-refractivity contribution in [3.05, 3.63) is 55.1 Å². The van der Waals surface area contributed by atoms with Gasteiger partial charge in [-0.05, 0) is 36.4 Å². The minimum Gasteiger partial charge on any atom is -0.454 e. The summed E-state index contributed by atoms with van der Waals surface area (Å²) in [6.07, 6.45) is 3.11. The number of benzene rings is 2. The number of ether oxygens (including phenoxy) is 2. The second-order valence-electron chi connectivity index (χ2n) is 5.38. The van der Waals surface area contributed by atoms with E-state index in [1.165, 1.54) is 6.33 Å². The van der Waals surface area contributed by atoms with E-state index in [-0.39, 0.29) is 6.79 Å². The summed E-state index contributed by atoms with van der Waals surface area (Å²) in [5.74, 6) is 2.30. The fourth-order valence-corrected chi connectivity index (χ4v) is 2.62. The molecule has 0 atom stereocenters. The Hall–Kier alpha value is -3.68. The van der Waals surface area contributed by atoms with Crippen LogP contribution in [-0.2, 0) is 0 Å². The molecular formula is C17H11N5O3. The van der Waals surface area contributed by atoms with Crippen LogP contribution >= 0.6 is 0 Å². The Morgan fingerprint density at radius 1 is 0.960 bits per heavy atom. The summed E-state index contributed by atoms with van der Waals surface area (Å²) >= 11 is 0. The van der Waals surface area contributed by atoms with Gasteiger partial charge < -0.3 is 14.0 Å². The fourth-order valence-electron chi connectivity index (χ4n) is 2.62. The zero-order chi connectivity index (χ0) is 16.6. The lowest BCUT2D eigenvalue weighted by Crippen LogP contribution is -1.94. The van der Waals surface area contributed by atoms with Crippen LogP contribution in [-0.4, -0.2) is 31.7 Å². The summed E-state index contributed by atoms with van der Waals surface area (Å²) in [6.45, 7) is 0.228. The average molecular weight is 333 g/mol. The highest BCUT2D eigenvalue weighted by Crippen LogP contribution is 2.35. The van der Waals surface area contributed by atoms with E-state index in [4.69, 9.17) is 14.0 Å². The summed E-state index contributed by atoms with van der Waals surface area (Å²) in [7, 11) is 0. The molecule has 0 saturated heterocycles. The maximum atomic E-state index is 5.42. The lowest BCUT2D eigenvalue weighted by atomic mass is 10.2. The zero-order valence-electron chi connectivity index (χ0n) is 12.9. The van der Waals surface area contributed by atoms with Crippen molar-refractivity contribution in [1.29, 1.82) is 0 Å². The van der Waals surface area contributed by atoms with Crippen LogP contribution in [0.2, 0.25) is 0 Å².